The lowest BCUT2D eigenvalue weighted by Gasteiger charge is -1.99. The standard InChI is InChI=1S/C8H9NO2/c1-6(10)9-7-2-4-8(11)5-3-7/h2-5,11H,1H3,(H,9,10)/i1D,2D,3D,4D,5D. The third-order valence-electron chi connectivity index (χ3n) is 0.876. The Balaban J connectivity index is 3.34. The van der Waals surface area contributed by atoms with Crippen molar-refractivity contribution < 1.29 is 16.8 Å². The molecule has 3 nitrogen and oxygen atoms in total. The molecular weight excluding hydrogens is 142 g/mol. The second-order valence-corrected chi connectivity index (χ2v) is 1.77. The van der Waals surface area contributed by atoms with Crippen LogP contribution in [0.3, 0.4) is 0 Å². The van der Waals surface area contributed by atoms with Gasteiger partial charge in [-0.2, -0.15) is 0 Å². The van der Waals surface area contributed by atoms with Gasteiger partial charge in [-0.1, -0.05) is 0 Å². The number of carbonyl (C=O) groups is 1. The van der Waals surface area contributed by atoms with E-state index in [4.69, 9.17) is 6.85 Å². The van der Waals surface area contributed by atoms with Gasteiger partial charge in [-0.05, 0) is 24.2 Å². The fourth-order valence-corrected chi connectivity index (χ4v) is 0.508. The molecule has 1 aromatic carbocycles. The summed E-state index contributed by atoms with van der Waals surface area (Å²) in [5.74, 6) is -1.51. The van der Waals surface area contributed by atoms with Gasteiger partial charge < -0.3 is 10.4 Å². The number of benzene rings is 1. The van der Waals surface area contributed by atoms with Gasteiger partial charge in [-0.3, -0.25) is 4.79 Å². The van der Waals surface area contributed by atoms with Gasteiger partial charge >= 0.3 is 0 Å². The molecule has 0 fully saturated rings. The maximum Gasteiger partial charge on any atom is 0.221 e. The van der Waals surface area contributed by atoms with E-state index < -0.39 is 42.7 Å². The highest BCUT2D eigenvalue weighted by Gasteiger charge is 1.93. The summed E-state index contributed by atoms with van der Waals surface area (Å²) in [6, 6.07) is -2.33. The average molecular weight is 156 g/mol. The normalized spacial score (nSPS) is 15.5. The smallest absolute Gasteiger partial charge is 0.221 e. The largest absolute Gasteiger partial charge is 0.508 e. The van der Waals surface area contributed by atoms with Crippen LogP contribution in [0.15, 0.2) is 24.2 Å². The minimum absolute atomic E-state index is 0.329. The summed E-state index contributed by atoms with van der Waals surface area (Å²) >= 11 is 0. The Morgan fingerprint density at radius 1 is 1.64 bits per heavy atom. The van der Waals surface area contributed by atoms with Gasteiger partial charge in [0.2, 0.25) is 5.91 Å². The molecule has 11 heavy (non-hydrogen) atoms. The van der Waals surface area contributed by atoms with Crippen LogP contribution in [0.4, 0.5) is 5.69 Å². The summed E-state index contributed by atoms with van der Waals surface area (Å²) in [6.45, 7) is -0.583. The number of hydrogen-bond acceptors (Lipinski definition) is 2. The van der Waals surface area contributed by atoms with Crippen LogP contribution in [-0.4, -0.2) is 11.0 Å². The molecule has 0 saturated carbocycles. The van der Waals surface area contributed by atoms with Gasteiger partial charge in [0.25, 0.3) is 0 Å². The van der Waals surface area contributed by atoms with Gasteiger partial charge in [0.15, 0.2) is 0 Å². The lowest BCUT2D eigenvalue weighted by molar-refractivity contribution is -0.114. The van der Waals surface area contributed by atoms with Crippen LogP contribution in [0, 0.1) is 0 Å². The Labute approximate surface area is 71.7 Å². The van der Waals surface area contributed by atoms with E-state index in [1.54, 1.807) is 0 Å². The van der Waals surface area contributed by atoms with Gasteiger partial charge in [-0.15, -0.1) is 0 Å². The van der Waals surface area contributed by atoms with E-state index in [0.29, 0.717) is 0 Å². The molecule has 0 saturated heterocycles. The number of amides is 1. The van der Waals surface area contributed by atoms with E-state index in [9.17, 15) is 9.90 Å². The molecule has 0 spiro atoms. The molecule has 3 heteroatoms. The Morgan fingerprint density at radius 2 is 2.27 bits per heavy atom. The molecule has 0 aliphatic carbocycles. The number of carbonyl (C=O) groups excluding carboxylic acids is 1. The first-order valence-electron chi connectivity index (χ1n) is 5.49. The summed E-state index contributed by atoms with van der Waals surface area (Å²) in [4.78, 5) is 10.9. The highest BCUT2D eigenvalue weighted by Crippen LogP contribution is 2.13. The van der Waals surface area contributed by atoms with Crippen molar-refractivity contribution in [3.8, 4) is 5.75 Å². The molecule has 58 valence electrons. The molecule has 0 aliphatic heterocycles. The van der Waals surface area contributed by atoms with Gasteiger partial charge in [0, 0.05) is 14.0 Å². The summed E-state index contributed by atoms with van der Waals surface area (Å²) in [5, 5.41) is 11.3. The van der Waals surface area contributed by atoms with Crippen LogP contribution in [-0.2, 0) is 4.79 Å². The molecule has 0 bridgehead atoms. The van der Waals surface area contributed by atoms with E-state index in [1.807, 2.05) is 0 Å². The minimum Gasteiger partial charge on any atom is -0.508 e. The molecular formula is C8H9NO2. The third-order valence-corrected chi connectivity index (χ3v) is 0.876. The summed E-state index contributed by atoms with van der Waals surface area (Å²) in [7, 11) is 0. The third kappa shape index (κ3) is 2.29. The van der Waals surface area contributed by atoms with E-state index in [2.05, 4.69) is 5.32 Å². The van der Waals surface area contributed by atoms with Crippen LogP contribution in [0.1, 0.15) is 13.8 Å². The Bertz CT molecular complexity index is 420. The van der Waals surface area contributed by atoms with Crippen molar-refractivity contribution in [1.82, 2.24) is 0 Å². The molecule has 1 rings (SSSR count). The number of nitrogens with one attached hydrogen (secondary N) is 1. The minimum atomic E-state index is -0.765. The van der Waals surface area contributed by atoms with Crippen LogP contribution < -0.4 is 5.32 Å². The Kier molecular flexibility index (Phi) is 0.904. The van der Waals surface area contributed by atoms with Crippen LogP contribution in [0.2, 0.25) is 0 Å². The monoisotopic (exact) mass is 156 g/mol. The Morgan fingerprint density at radius 3 is 2.82 bits per heavy atom. The molecule has 0 aromatic heterocycles. The van der Waals surface area contributed by atoms with Gasteiger partial charge in [0.1, 0.15) is 5.75 Å². The molecule has 0 unspecified atom stereocenters. The zero-order valence-corrected chi connectivity index (χ0v) is 5.56. The van der Waals surface area contributed by atoms with Crippen LogP contribution in [0.5, 0.6) is 5.75 Å². The number of phenolic OH excluding ortho intramolecular Hbond substituents is 1. The number of hydrogen-bond donors (Lipinski definition) is 2. The fourth-order valence-electron chi connectivity index (χ4n) is 0.508. The van der Waals surface area contributed by atoms with Crippen LogP contribution >= 0.6 is 0 Å². The first-order chi connectivity index (χ1) is 7.40. The summed E-state index contributed by atoms with van der Waals surface area (Å²) in [6.07, 6.45) is 0. The van der Waals surface area contributed by atoms with Gasteiger partial charge in [0.05, 0.1) is 5.48 Å². The average Bonchev–Trinajstić information content (AvgIpc) is 2.29. The topological polar surface area (TPSA) is 49.3 Å². The molecule has 0 aliphatic rings. The predicted molar refractivity (Wildman–Crippen MR) is 42.4 cm³/mol. The van der Waals surface area contributed by atoms with E-state index in [0.717, 1.165) is 0 Å². The molecule has 1 aromatic rings. The van der Waals surface area contributed by atoms with E-state index >= 15 is 0 Å². The quantitative estimate of drug-likeness (QED) is 0.603. The second-order valence-electron chi connectivity index (χ2n) is 1.77. The van der Waals surface area contributed by atoms with Gasteiger partial charge in [-0.25, -0.2) is 0 Å². The van der Waals surface area contributed by atoms with E-state index in [-0.39, 0.29) is 5.69 Å². The zero-order chi connectivity index (χ0) is 12.5. The van der Waals surface area contributed by atoms with Crippen molar-refractivity contribution in [2.24, 2.45) is 0 Å². The SMILES string of the molecule is [2H]CC(=O)Nc1c([2H])c([2H])c(O)c([2H])c1[2H]. The maximum atomic E-state index is 10.9. The van der Waals surface area contributed by atoms with E-state index in [1.165, 1.54) is 0 Å². The molecule has 0 heterocycles. The molecule has 2 N–H and O–H groups in total. The lowest BCUT2D eigenvalue weighted by Crippen LogP contribution is -2.04. The Hall–Kier alpha value is -1.51. The molecule has 1 amide bonds. The van der Waals surface area contributed by atoms with Crippen LogP contribution in [0.25, 0.3) is 0 Å². The highest BCUT2D eigenvalue weighted by atomic mass is 16.3. The first-order valence-corrected chi connectivity index (χ1v) is 2.78. The fraction of sp³-hybridized carbons (Fsp3) is 0.125. The lowest BCUT2D eigenvalue weighted by atomic mass is 10.3. The maximum absolute atomic E-state index is 10.9. The molecule has 0 atom stereocenters. The highest BCUT2D eigenvalue weighted by molar-refractivity contribution is 5.88. The number of phenols is 1. The van der Waals surface area contributed by atoms with Crippen molar-refractivity contribution in [2.45, 2.75) is 6.90 Å². The summed E-state index contributed by atoms with van der Waals surface area (Å²) < 4.78 is 36.2. The molecule has 0 radical (unpaired) electrons. The number of aromatic hydroxyl groups is 1. The predicted octanol–water partition coefficient (Wildman–Crippen LogP) is 1.35. The van der Waals surface area contributed by atoms with Crippen molar-refractivity contribution in [3.05, 3.63) is 24.2 Å². The van der Waals surface area contributed by atoms with Crippen molar-refractivity contribution in [3.63, 3.8) is 0 Å². The number of rotatable bonds is 1. The number of anilines is 1. The summed E-state index contributed by atoms with van der Waals surface area (Å²) in [5.41, 5.74) is -0.329. The second kappa shape index (κ2) is 3.05. The zero-order valence-electron chi connectivity index (χ0n) is 10.6. The van der Waals surface area contributed by atoms with Crippen molar-refractivity contribution in [2.75, 3.05) is 5.32 Å². The first kappa shape index (κ1) is 3.26. The van der Waals surface area contributed by atoms with Crippen molar-refractivity contribution >= 4 is 11.6 Å². The van der Waals surface area contributed by atoms with Crippen molar-refractivity contribution in [1.29, 1.82) is 0 Å².